The number of carbonyl (C=O) groups is 3. The maximum Gasteiger partial charge on any atom is 0.360 e. The van der Waals surface area contributed by atoms with E-state index in [2.05, 4.69) is 45.5 Å². The summed E-state index contributed by atoms with van der Waals surface area (Å²) in [5, 5.41) is 30.8. The van der Waals surface area contributed by atoms with Gasteiger partial charge in [-0.3, -0.25) is 20.1 Å². The van der Waals surface area contributed by atoms with Crippen molar-refractivity contribution in [2.75, 3.05) is 19.5 Å². The number of esters is 1. The molecule has 27 heteroatoms. The van der Waals surface area contributed by atoms with E-state index >= 15 is 0 Å². The van der Waals surface area contributed by atoms with Gasteiger partial charge in [0.15, 0.2) is 65.0 Å². The minimum absolute atomic E-state index is 0. The van der Waals surface area contributed by atoms with E-state index in [9.17, 15) is 44.7 Å². The van der Waals surface area contributed by atoms with Gasteiger partial charge in [-0.2, -0.15) is 0 Å². The van der Waals surface area contributed by atoms with Crippen LogP contribution in [0.1, 0.15) is 68.0 Å². The number of nitrogens with zero attached hydrogens (tertiary/aromatic N) is 7. The van der Waals surface area contributed by atoms with E-state index in [0.29, 0.717) is 82.4 Å². The van der Waals surface area contributed by atoms with Crippen molar-refractivity contribution in [1.82, 2.24) is 19.9 Å². The summed E-state index contributed by atoms with van der Waals surface area (Å²) in [5.74, 6) is -2.19. The number of thiazole rings is 1. The van der Waals surface area contributed by atoms with Gasteiger partial charge in [0, 0.05) is 35.2 Å². The molecule has 3 fully saturated rings. The molecule has 10 rings (SSSR count). The molecule has 7 aromatic rings. The Morgan fingerprint density at radius 2 is 1.04 bits per heavy atom. The van der Waals surface area contributed by atoms with Gasteiger partial charge in [-0.05, 0) is 105 Å². The normalized spacial score (nSPS) is 14.8. The summed E-state index contributed by atoms with van der Waals surface area (Å²) < 4.78 is 82.9. The summed E-state index contributed by atoms with van der Waals surface area (Å²) in [6, 6.07) is 31.4. The van der Waals surface area contributed by atoms with E-state index in [1.807, 2.05) is 6.07 Å². The van der Waals surface area contributed by atoms with Gasteiger partial charge in [-0.25, -0.2) is 44.8 Å². The summed E-state index contributed by atoms with van der Waals surface area (Å²) in [6.07, 6.45) is 7.30. The van der Waals surface area contributed by atoms with Crippen LogP contribution in [0.25, 0.3) is 10.3 Å². The number of aromatic nitrogens is 4. The van der Waals surface area contributed by atoms with Crippen LogP contribution in [-0.4, -0.2) is 120 Å². The number of sulfone groups is 3. The lowest BCUT2D eigenvalue weighted by Crippen LogP contribution is -2.24. The Hall–Kier alpha value is -8.53. The zero-order valence-corrected chi connectivity index (χ0v) is 45.8. The SMILES string of the molecule is COC(=O)/C(=N/O)c1ccc(S(=O)(=O)C2CC2)cc1.COc1ccc2nc(NC(=O)/C(=N/OCc3ccccn3)c3ccc(S(=O)(=O)C4CC4)cc3)sc2n1.O=C(O)/C(=N/OCc1ccccn1)c1ccc(S(=O)(=O)C2CC2)cc1.[2H-]. The number of carboxylic acids is 1. The highest BCUT2D eigenvalue weighted by Crippen LogP contribution is 2.36. The Balaban J connectivity index is 0.000000184. The highest BCUT2D eigenvalue weighted by molar-refractivity contribution is 7.93. The minimum atomic E-state index is -3.36. The number of carboxylic acid groups (broad SMARTS) is 1. The summed E-state index contributed by atoms with van der Waals surface area (Å²) in [4.78, 5) is 64.6. The fourth-order valence-electron chi connectivity index (χ4n) is 7.29. The van der Waals surface area contributed by atoms with E-state index < -0.39 is 47.4 Å². The zero-order valence-electron chi connectivity index (χ0n) is 43.6. The fraction of sp³-hybridized carbons (Fsp3) is 0.245. The van der Waals surface area contributed by atoms with Crippen LogP contribution >= 0.6 is 11.3 Å². The van der Waals surface area contributed by atoms with E-state index in [4.69, 9.17) is 19.6 Å². The van der Waals surface area contributed by atoms with Crippen molar-refractivity contribution in [3.63, 3.8) is 0 Å². The van der Waals surface area contributed by atoms with Gasteiger partial charge in [-0.15, -0.1) is 0 Å². The molecule has 0 unspecified atom stereocenters. The number of benzene rings is 3. The Labute approximate surface area is 464 Å². The maximum atomic E-state index is 13.2. The van der Waals surface area contributed by atoms with E-state index in [1.165, 1.54) is 86.2 Å². The van der Waals surface area contributed by atoms with Crippen LogP contribution in [0.3, 0.4) is 0 Å². The molecule has 3 aliphatic carbocycles. The zero-order chi connectivity index (χ0) is 57.0. The van der Waals surface area contributed by atoms with Gasteiger partial charge < -0.3 is 30.9 Å². The minimum Gasteiger partial charge on any atom is -1.00 e. The summed E-state index contributed by atoms with van der Waals surface area (Å²) in [5.41, 5.74) is 2.21. The molecular formula is C53H51N8O15S4-. The molecule has 0 radical (unpaired) electrons. The first kappa shape index (κ1) is 57.6. The second kappa shape index (κ2) is 25.5. The molecule has 0 spiro atoms. The number of oxime groups is 3. The molecule has 4 heterocycles. The lowest BCUT2D eigenvalue weighted by Gasteiger charge is -2.08. The molecule has 0 aliphatic heterocycles. The van der Waals surface area contributed by atoms with Crippen LogP contribution < -0.4 is 10.1 Å². The van der Waals surface area contributed by atoms with Crippen molar-refractivity contribution < 1.29 is 70.5 Å². The maximum absolute atomic E-state index is 13.2. The highest BCUT2D eigenvalue weighted by atomic mass is 32.2. The average molecular weight is 1170 g/mol. The van der Waals surface area contributed by atoms with Gasteiger partial charge in [0.2, 0.25) is 5.88 Å². The van der Waals surface area contributed by atoms with Crippen LogP contribution in [0.4, 0.5) is 5.13 Å². The Morgan fingerprint density at radius 1 is 0.600 bits per heavy atom. The van der Waals surface area contributed by atoms with Gasteiger partial charge in [-0.1, -0.05) is 75.3 Å². The monoisotopic (exact) mass is 1170 g/mol. The number of aliphatic carboxylic acids is 1. The largest absolute Gasteiger partial charge is 1.00 e. The number of fused-ring (bicyclic) bond motifs is 1. The number of carbonyl (C=O) groups excluding carboxylic acids is 2. The number of nitrogens with one attached hydrogen (secondary N) is 1. The molecule has 1 amide bonds. The number of hydrogen-bond donors (Lipinski definition) is 3. The van der Waals surface area contributed by atoms with Gasteiger partial charge in [0.05, 0.1) is 56.0 Å². The highest BCUT2D eigenvalue weighted by Gasteiger charge is 2.39. The number of rotatable bonds is 20. The first-order chi connectivity index (χ1) is 38.4. The molecule has 418 valence electrons. The van der Waals surface area contributed by atoms with E-state index in [-0.39, 0.29) is 67.8 Å². The summed E-state index contributed by atoms with van der Waals surface area (Å²) in [7, 11) is -7.24. The van der Waals surface area contributed by atoms with Crippen LogP contribution in [0.5, 0.6) is 5.88 Å². The molecule has 3 N–H and O–H groups in total. The van der Waals surface area contributed by atoms with Crippen molar-refractivity contribution >= 4 is 91.3 Å². The molecule has 0 atom stereocenters. The van der Waals surface area contributed by atoms with Crippen molar-refractivity contribution in [1.29, 1.82) is 0 Å². The third-order valence-electron chi connectivity index (χ3n) is 12.0. The predicted molar refractivity (Wildman–Crippen MR) is 293 cm³/mol. The third-order valence-corrected chi connectivity index (χ3v) is 19.7. The number of methoxy groups -OCH3 is 2. The number of amides is 1. The Kier molecular flexibility index (Phi) is 18.4. The van der Waals surface area contributed by atoms with Crippen LogP contribution in [-0.2, 0) is 71.5 Å². The molecule has 0 bridgehead atoms. The summed E-state index contributed by atoms with van der Waals surface area (Å²) >= 11 is 1.19. The predicted octanol–water partition coefficient (Wildman–Crippen LogP) is 6.70. The first-order valence-corrected chi connectivity index (χ1v) is 29.8. The van der Waals surface area contributed by atoms with Gasteiger partial charge in [0.1, 0.15) is 10.3 Å². The molecule has 3 aromatic carbocycles. The summed E-state index contributed by atoms with van der Waals surface area (Å²) in [6.45, 7) is 0.0857. The molecule has 0 saturated heterocycles. The Bertz CT molecular complexity index is 3810. The van der Waals surface area contributed by atoms with Crippen molar-refractivity contribution in [3.8, 4) is 5.88 Å². The van der Waals surface area contributed by atoms with E-state index in [1.54, 1.807) is 67.0 Å². The molecule has 23 nitrogen and oxygen atoms in total. The number of anilines is 1. The molecule has 4 aromatic heterocycles. The molecular weight excluding hydrogens is 1120 g/mol. The van der Waals surface area contributed by atoms with Crippen molar-refractivity contribution in [2.24, 2.45) is 15.5 Å². The average Bonchev–Trinajstić information content (AvgIpc) is 4.32. The number of ether oxygens (including phenoxy) is 2. The first-order valence-electron chi connectivity index (χ1n) is 24.3. The van der Waals surface area contributed by atoms with Crippen LogP contribution in [0.2, 0.25) is 0 Å². The second-order valence-electron chi connectivity index (χ2n) is 17.8. The smallest absolute Gasteiger partial charge is 0.360 e. The topological polar surface area (TPSA) is 332 Å². The Morgan fingerprint density at radius 3 is 1.43 bits per heavy atom. The van der Waals surface area contributed by atoms with E-state index in [0.717, 1.165) is 0 Å². The molecule has 3 saturated carbocycles. The lowest BCUT2D eigenvalue weighted by molar-refractivity contribution is -0.133. The van der Waals surface area contributed by atoms with Crippen molar-refractivity contribution in [2.45, 2.75) is 82.2 Å². The third kappa shape index (κ3) is 14.6. The quantitative estimate of drug-likeness (QED) is 0.0309. The lowest BCUT2D eigenvalue weighted by atomic mass is 10.1. The van der Waals surface area contributed by atoms with Crippen molar-refractivity contribution in [3.05, 3.63) is 162 Å². The standard InChI is InChI=1S/C24H21N5O5S2.C17H16N2O5S.C12H13NO5S.H/c1-33-20-12-11-19-23(27-20)35-24(26-19)28-22(30)21(29-34-14-16-4-2-3-13-25-16)15-5-7-17(8-6-15)36(31,32)18-9-10-18;20-17(21)16(19-24-11-13-3-1-2-10-18-13)12-4-6-14(7-5-12)25(22,23)15-8-9-15;1-18-12(14)11(13-15)8-2-4-9(5-3-8)19(16,17)10-6-7-10;/h2-8,11-13,18H,9-10,14H2,1H3,(H,26,28,30);1-7,10,15H,8-9,11H2,(H,20,21);2-5,10,15H,6-7H2,1H3;/q;;;-1/b29-21+;19-16+;13-11+;/i;;;1+1. The molecule has 80 heavy (non-hydrogen) atoms. The fourth-order valence-corrected chi connectivity index (χ4v) is 13.1. The van der Waals surface area contributed by atoms with Gasteiger partial charge in [0.25, 0.3) is 5.91 Å². The molecule has 3 aliphatic rings. The van der Waals surface area contributed by atoms with Gasteiger partial charge >= 0.3 is 11.9 Å². The second-order valence-corrected chi connectivity index (χ2v) is 25.4. The number of pyridine rings is 3. The van der Waals surface area contributed by atoms with Crippen LogP contribution in [0.15, 0.2) is 164 Å². The van der Waals surface area contributed by atoms with Crippen LogP contribution in [0, 0.1) is 0 Å². The number of hydrogen-bond acceptors (Lipinski definition) is 22.